The van der Waals surface area contributed by atoms with Crippen molar-refractivity contribution >= 4 is 22.4 Å². The summed E-state index contributed by atoms with van der Waals surface area (Å²) in [6.07, 6.45) is -2.67. The van der Waals surface area contributed by atoms with Crippen LogP contribution in [-0.4, -0.2) is 52.8 Å². The molecule has 1 atom stereocenters. The van der Waals surface area contributed by atoms with E-state index >= 15 is 0 Å². The number of amides is 1. The first kappa shape index (κ1) is 16.5. The zero-order valence-electron chi connectivity index (χ0n) is 12.6. The average molecular weight is 349 g/mol. The Labute approximate surface area is 135 Å². The maximum absolute atomic E-state index is 13.2. The van der Waals surface area contributed by atoms with Gasteiger partial charge >= 0.3 is 6.18 Å². The van der Waals surface area contributed by atoms with E-state index < -0.39 is 30.7 Å². The minimum atomic E-state index is -4.53. The van der Waals surface area contributed by atoms with Gasteiger partial charge in [-0.25, -0.2) is 4.98 Å². The van der Waals surface area contributed by atoms with Crippen LogP contribution in [0, 0.1) is 12.3 Å². The monoisotopic (exact) mass is 349 g/mol. The van der Waals surface area contributed by atoms with E-state index in [4.69, 9.17) is 0 Å². The Bertz CT molecular complexity index is 615. The topological polar surface area (TPSA) is 65.5 Å². The number of nitrogens with one attached hydrogen (secondary N) is 1. The summed E-state index contributed by atoms with van der Waals surface area (Å²) in [7, 11) is 0. The summed E-state index contributed by atoms with van der Waals surface area (Å²) < 4.78 is 39.5. The third-order valence-electron chi connectivity index (χ3n) is 4.44. The molecule has 0 bridgehead atoms. The molecule has 1 aromatic rings. The van der Waals surface area contributed by atoms with Crippen LogP contribution in [0.25, 0.3) is 0 Å². The van der Waals surface area contributed by atoms with Gasteiger partial charge in [-0.2, -0.15) is 13.2 Å². The first-order chi connectivity index (χ1) is 10.8. The van der Waals surface area contributed by atoms with Crippen LogP contribution in [0.1, 0.15) is 34.6 Å². The molecule has 1 aromatic heterocycles. The number of aryl methyl sites for hydroxylation is 1. The van der Waals surface area contributed by atoms with E-state index in [1.54, 1.807) is 6.92 Å². The molecule has 1 saturated heterocycles. The van der Waals surface area contributed by atoms with Crippen LogP contribution in [-0.2, 0) is 0 Å². The molecule has 23 heavy (non-hydrogen) atoms. The van der Waals surface area contributed by atoms with E-state index in [-0.39, 0.29) is 13.0 Å². The van der Waals surface area contributed by atoms with Crippen molar-refractivity contribution in [3.05, 3.63) is 10.6 Å². The van der Waals surface area contributed by atoms with Gasteiger partial charge in [0, 0.05) is 19.1 Å². The van der Waals surface area contributed by atoms with Gasteiger partial charge in [-0.1, -0.05) is 11.3 Å². The quantitative estimate of drug-likeness (QED) is 0.876. The molecule has 2 heterocycles. The van der Waals surface area contributed by atoms with Crippen molar-refractivity contribution in [3.63, 3.8) is 0 Å². The molecular formula is C14H18F3N3O2S. The summed E-state index contributed by atoms with van der Waals surface area (Å²) in [5, 5.41) is 13.0. The second kappa shape index (κ2) is 5.62. The number of aliphatic hydroxyl groups is 1. The number of halogens is 3. The maximum Gasteiger partial charge on any atom is 0.398 e. The standard InChI is InChI=1S/C14H18F3N3O2S/c1-8-10(23-12(18-8)19-9-2-3-9)11(22)20-5-4-13(6-20,7-21)14(15,16)17/h9,21H,2-7H2,1H3,(H,18,19). The van der Waals surface area contributed by atoms with Gasteiger partial charge in [0.2, 0.25) is 0 Å². The van der Waals surface area contributed by atoms with Crippen LogP contribution in [0.4, 0.5) is 18.3 Å². The molecule has 1 aliphatic carbocycles. The molecule has 1 unspecified atom stereocenters. The summed E-state index contributed by atoms with van der Waals surface area (Å²) >= 11 is 1.18. The van der Waals surface area contributed by atoms with Gasteiger partial charge in [0.05, 0.1) is 12.3 Å². The molecule has 0 radical (unpaired) electrons. The first-order valence-corrected chi connectivity index (χ1v) is 8.28. The smallest absolute Gasteiger partial charge is 0.395 e. The average Bonchev–Trinajstić information content (AvgIpc) is 3.04. The van der Waals surface area contributed by atoms with Gasteiger partial charge in [0.1, 0.15) is 10.3 Å². The number of nitrogens with zero attached hydrogens (tertiary/aromatic N) is 2. The minimum absolute atomic E-state index is 0.0123. The molecule has 2 fully saturated rings. The highest BCUT2D eigenvalue weighted by atomic mass is 32.1. The molecule has 128 valence electrons. The zero-order valence-corrected chi connectivity index (χ0v) is 13.4. The fourth-order valence-corrected chi connectivity index (χ4v) is 3.71. The molecule has 5 nitrogen and oxygen atoms in total. The highest BCUT2D eigenvalue weighted by Gasteiger charge is 2.58. The Morgan fingerprint density at radius 1 is 1.52 bits per heavy atom. The number of hydrogen-bond acceptors (Lipinski definition) is 5. The second-order valence-electron chi connectivity index (χ2n) is 6.27. The van der Waals surface area contributed by atoms with Crippen molar-refractivity contribution in [2.75, 3.05) is 25.0 Å². The number of anilines is 1. The number of carbonyl (C=O) groups excluding carboxylic acids is 1. The predicted molar refractivity (Wildman–Crippen MR) is 79.6 cm³/mol. The molecule has 3 rings (SSSR count). The van der Waals surface area contributed by atoms with Crippen molar-refractivity contribution < 1.29 is 23.1 Å². The van der Waals surface area contributed by atoms with Gasteiger partial charge in [-0.05, 0) is 26.2 Å². The number of alkyl halides is 3. The van der Waals surface area contributed by atoms with Crippen LogP contribution in [0.15, 0.2) is 0 Å². The van der Waals surface area contributed by atoms with Crippen molar-refractivity contribution in [1.29, 1.82) is 0 Å². The molecule has 2 aliphatic rings. The Kier molecular flexibility index (Phi) is 4.04. The van der Waals surface area contributed by atoms with E-state index in [1.807, 2.05) is 0 Å². The van der Waals surface area contributed by atoms with Crippen molar-refractivity contribution in [2.24, 2.45) is 5.41 Å². The molecule has 1 aliphatic heterocycles. The van der Waals surface area contributed by atoms with Crippen molar-refractivity contribution in [2.45, 2.75) is 38.4 Å². The van der Waals surface area contributed by atoms with Gasteiger partial charge in [-0.3, -0.25) is 4.79 Å². The lowest BCUT2D eigenvalue weighted by Gasteiger charge is -2.29. The summed E-state index contributed by atoms with van der Waals surface area (Å²) in [6.45, 7) is 0.160. The van der Waals surface area contributed by atoms with Crippen LogP contribution in [0.2, 0.25) is 0 Å². The lowest BCUT2D eigenvalue weighted by Crippen LogP contribution is -2.44. The SMILES string of the molecule is Cc1nc(NC2CC2)sc1C(=O)N1CCC(CO)(C(F)(F)F)C1. The maximum atomic E-state index is 13.2. The van der Waals surface area contributed by atoms with Crippen molar-refractivity contribution in [1.82, 2.24) is 9.88 Å². The Morgan fingerprint density at radius 3 is 2.74 bits per heavy atom. The third-order valence-corrected chi connectivity index (χ3v) is 5.52. The van der Waals surface area contributed by atoms with Crippen molar-refractivity contribution in [3.8, 4) is 0 Å². The highest BCUT2D eigenvalue weighted by molar-refractivity contribution is 7.17. The number of carbonyl (C=O) groups is 1. The highest BCUT2D eigenvalue weighted by Crippen LogP contribution is 2.45. The minimum Gasteiger partial charge on any atom is -0.395 e. The van der Waals surface area contributed by atoms with E-state index in [0.717, 1.165) is 12.8 Å². The summed E-state index contributed by atoms with van der Waals surface area (Å²) in [6, 6.07) is 0.391. The molecular weight excluding hydrogens is 331 g/mol. The van der Waals surface area contributed by atoms with Crippen LogP contribution < -0.4 is 5.32 Å². The summed E-state index contributed by atoms with van der Waals surface area (Å²) in [4.78, 5) is 18.3. The lowest BCUT2D eigenvalue weighted by atomic mass is 9.87. The molecule has 9 heteroatoms. The van der Waals surface area contributed by atoms with Crippen LogP contribution in [0.3, 0.4) is 0 Å². The summed E-state index contributed by atoms with van der Waals surface area (Å²) in [5.74, 6) is -0.441. The Hall–Kier alpha value is -1.35. The van der Waals surface area contributed by atoms with E-state index in [1.165, 1.54) is 16.2 Å². The van der Waals surface area contributed by atoms with Gasteiger partial charge in [0.15, 0.2) is 5.13 Å². The van der Waals surface area contributed by atoms with Gasteiger partial charge in [-0.15, -0.1) is 0 Å². The van der Waals surface area contributed by atoms with E-state index in [0.29, 0.717) is 21.7 Å². The van der Waals surface area contributed by atoms with Crippen LogP contribution in [0.5, 0.6) is 0 Å². The second-order valence-corrected chi connectivity index (χ2v) is 7.26. The molecule has 0 spiro atoms. The lowest BCUT2D eigenvalue weighted by molar-refractivity contribution is -0.229. The fraction of sp³-hybridized carbons (Fsp3) is 0.714. The Morgan fingerprint density at radius 2 is 2.22 bits per heavy atom. The number of aromatic nitrogens is 1. The third kappa shape index (κ3) is 3.03. The largest absolute Gasteiger partial charge is 0.398 e. The fourth-order valence-electron chi connectivity index (χ4n) is 2.70. The van der Waals surface area contributed by atoms with Gasteiger partial charge < -0.3 is 15.3 Å². The number of thiazole rings is 1. The Balaban J connectivity index is 1.75. The summed E-state index contributed by atoms with van der Waals surface area (Å²) in [5.41, 5.74) is -1.69. The first-order valence-electron chi connectivity index (χ1n) is 7.46. The molecule has 1 saturated carbocycles. The predicted octanol–water partition coefficient (Wildman–Crippen LogP) is 2.41. The van der Waals surface area contributed by atoms with Gasteiger partial charge in [0.25, 0.3) is 5.91 Å². The number of hydrogen-bond donors (Lipinski definition) is 2. The zero-order chi connectivity index (χ0) is 16.8. The van der Waals surface area contributed by atoms with E-state index in [2.05, 4.69) is 10.3 Å². The molecule has 1 amide bonds. The molecule has 2 N–H and O–H groups in total. The number of likely N-dealkylation sites (tertiary alicyclic amines) is 1. The number of rotatable bonds is 4. The number of aliphatic hydroxyl groups excluding tert-OH is 1. The molecule has 0 aromatic carbocycles. The van der Waals surface area contributed by atoms with E-state index in [9.17, 15) is 23.1 Å². The normalized spacial score (nSPS) is 25.0. The van der Waals surface area contributed by atoms with Crippen LogP contribution >= 0.6 is 11.3 Å².